The lowest BCUT2D eigenvalue weighted by molar-refractivity contribution is 0.100. The molecule has 1 aliphatic rings. The summed E-state index contributed by atoms with van der Waals surface area (Å²) in [6.45, 7) is 13.1. The molecule has 0 saturated heterocycles. The van der Waals surface area contributed by atoms with Crippen LogP contribution in [-0.4, -0.2) is 20.5 Å². The highest BCUT2D eigenvalue weighted by Crippen LogP contribution is 2.41. The van der Waals surface area contributed by atoms with E-state index in [9.17, 15) is 4.79 Å². The van der Waals surface area contributed by atoms with Gasteiger partial charge in [-0.1, -0.05) is 51.8 Å². The second-order valence-corrected chi connectivity index (χ2v) is 9.09. The van der Waals surface area contributed by atoms with Crippen molar-refractivity contribution in [2.24, 2.45) is 17.1 Å². The smallest absolute Gasteiger partial charge is 0.252 e. The van der Waals surface area contributed by atoms with Crippen LogP contribution >= 0.6 is 0 Å². The van der Waals surface area contributed by atoms with E-state index in [1.54, 1.807) is 4.52 Å². The van der Waals surface area contributed by atoms with Crippen molar-refractivity contribution < 1.29 is 4.79 Å². The van der Waals surface area contributed by atoms with Crippen LogP contribution < -0.4 is 11.5 Å². The summed E-state index contributed by atoms with van der Waals surface area (Å²) in [6, 6.07) is 11.8. The molecule has 1 aromatic carbocycles. The van der Waals surface area contributed by atoms with Gasteiger partial charge in [-0.25, -0.2) is 4.52 Å². The van der Waals surface area contributed by atoms with Crippen LogP contribution in [0.1, 0.15) is 50.4 Å². The van der Waals surface area contributed by atoms with Crippen LogP contribution in [0.3, 0.4) is 0 Å². The first-order chi connectivity index (χ1) is 15.8. The van der Waals surface area contributed by atoms with Crippen LogP contribution in [0, 0.1) is 11.3 Å². The van der Waals surface area contributed by atoms with Gasteiger partial charge in [-0.2, -0.15) is 5.10 Å². The number of hydrogen-bond donors (Lipinski definition) is 2. The lowest BCUT2D eigenvalue weighted by Crippen LogP contribution is -2.15. The number of carbonyl (C=O) groups excluding carboxylic acids is 1. The molecule has 0 radical (unpaired) electrons. The molecule has 0 aliphatic heterocycles. The number of rotatable bonds is 2. The number of nitrogen functional groups attached to an aromatic ring is 1. The fraction of sp³-hybridized carbons (Fsp3) is 0.296. The highest BCUT2D eigenvalue weighted by atomic mass is 16.1. The number of para-hydroxylation sites is 1. The first kappa shape index (κ1) is 24.0. The number of hydrogen-bond acceptors (Lipinski definition) is 4. The lowest BCUT2D eigenvalue weighted by atomic mass is 9.83. The predicted molar refractivity (Wildman–Crippen MR) is 137 cm³/mol. The number of nitrogens with zero attached hydrogens (tertiary/aromatic N) is 3. The maximum absolute atomic E-state index is 11.4. The van der Waals surface area contributed by atoms with Crippen molar-refractivity contribution in [3.05, 3.63) is 73.7 Å². The second kappa shape index (κ2) is 9.86. The number of anilines is 1. The van der Waals surface area contributed by atoms with E-state index in [1.165, 1.54) is 25.5 Å². The molecular formula is C27H33N5O. The van der Waals surface area contributed by atoms with Gasteiger partial charge >= 0.3 is 0 Å². The van der Waals surface area contributed by atoms with Gasteiger partial charge < -0.3 is 11.5 Å². The monoisotopic (exact) mass is 443 g/mol. The molecule has 1 aliphatic carbocycles. The third-order valence-electron chi connectivity index (χ3n) is 6.66. The van der Waals surface area contributed by atoms with E-state index in [1.807, 2.05) is 42.7 Å². The molecule has 0 spiro atoms. The maximum Gasteiger partial charge on any atom is 0.252 e. The van der Waals surface area contributed by atoms with E-state index in [-0.39, 0.29) is 5.56 Å². The number of aromatic nitrogens is 3. The average Bonchev–Trinajstić information content (AvgIpc) is 3.38. The SMILES string of the molecule is C=C.CC1CCCC1(C)C.NC(=O)c1cnn2cc(-c3cnc4ccccc4c3)cc2c1N. The summed E-state index contributed by atoms with van der Waals surface area (Å²) in [4.78, 5) is 15.8. The van der Waals surface area contributed by atoms with E-state index in [4.69, 9.17) is 11.5 Å². The van der Waals surface area contributed by atoms with Crippen molar-refractivity contribution in [2.45, 2.75) is 40.0 Å². The third-order valence-corrected chi connectivity index (χ3v) is 6.66. The molecule has 1 unspecified atom stereocenters. The Hall–Kier alpha value is -3.67. The molecule has 1 amide bonds. The van der Waals surface area contributed by atoms with Crippen molar-refractivity contribution in [1.82, 2.24) is 14.6 Å². The van der Waals surface area contributed by atoms with Crippen LogP contribution in [0.2, 0.25) is 0 Å². The maximum atomic E-state index is 11.4. The molecule has 6 nitrogen and oxygen atoms in total. The minimum absolute atomic E-state index is 0.221. The lowest BCUT2D eigenvalue weighted by Gasteiger charge is -2.22. The van der Waals surface area contributed by atoms with Gasteiger partial charge in [0.1, 0.15) is 0 Å². The Balaban J connectivity index is 0.000000258. The number of benzene rings is 1. The van der Waals surface area contributed by atoms with Crippen LogP contribution in [0.5, 0.6) is 0 Å². The van der Waals surface area contributed by atoms with Crippen molar-refractivity contribution in [1.29, 1.82) is 0 Å². The van der Waals surface area contributed by atoms with Gasteiger partial charge in [0.05, 0.1) is 28.5 Å². The number of primary amides is 1. The van der Waals surface area contributed by atoms with Crippen molar-refractivity contribution >= 4 is 28.0 Å². The van der Waals surface area contributed by atoms with Gasteiger partial charge in [-0.3, -0.25) is 9.78 Å². The topological polar surface area (TPSA) is 99.3 Å². The largest absolute Gasteiger partial charge is 0.396 e. The highest BCUT2D eigenvalue weighted by molar-refractivity contribution is 6.01. The second-order valence-electron chi connectivity index (χ2n) is 9.09. The summed E-state index contributed by atoms with van der Waals surface area (Å²) in [5.41, 5.74) is 16.0. The highest BCUT2D eigenvalue weighted by Gasteiger charge is 2.30. The molecule has 3 heterocycles. The van der Waals surface area contributed by atoms with Crippen molar-refractivity contribution in [3.8, 4) is 11.1 Å². The van der Waals surface area contributed by atoms with Crippen LogP contribution in [0.15, 0.2) is 68.1 Å². The first-order valence-corrected chi connectivity index (χ1v) is 11.2. The van der Waals surface area contributed by atoms with E-state index >= 15 is 0 Å². The fourth-order valence-corrected chi connectivity index (χ4v) is 4.16. The molecule has 4 aromatic rings. The summed E-state index contributed by atoms with van der Waals surface area (Å²) in [7, 11) is 0. The minimum Gasteiger partial charge on any atom is -0.396 e. The zero-order valence-corrected chi connectivity index (χ0v) is 19.7. The average molecular weight is 444 g/mol. The van der Waals surface area contributed by atoms with E-state index in [0.717, 1.165) is 27.9 Å². The van der Waals surface area contributed by atoms with E-state index in [0.29, 0.717) is 16.6 Å². The molecule has 6 heteroatoms. The van der Waals surface area contributed by atoms with Gasteiger partial charge in [0.15, 0.2) is 0 Å². The minimum atomic E-state index is -0.590. The van der Waals surface area contributed by atoms with Gasteiger partial charge in [-0.15, -0.1) is 13.2 Å². The Bertz CT molecular complexity index is 1270. The van der Waals surface area contributed by atoms with Gasteiger partial charge in [0.25, 0.3) is 5.91 Å². The Morgan fingerprint density at radius 3 is 2.48 bits per heavy atom. The molecule has 1 fully saturated rings. The Labute approximate surface area is 195 Å². The zero-order chi connectivity index (χ0) is 24.2. The number of carbonyl (C=O) groups is 1. The fourth-order valence-electron chi connectivity index (χ4n) is 4.16. The Morgan fingerprint density at radius 1 is 1.15 bits per heavy atom. The number of fused-ring (bicyclic) bond motifs is 2. The molecule has 1 saturated carbocycles. The van der Waals surface area contributed by atoms with Crippen molar-refractivity contribution in [3.63, 3.8) is 0 Å². The van der Waals surface area contributed by atoms with E-state index < -0.39 is 5.91 Å². The standard InChI is InChI=1S/C17H13N5O.C8H16.C2H4/c18-16-13(17(19)23)8-21-22-9-12(6-15(16)22)11-5-10-3-1-2-4-14(10)20-7-11;1-7-5-4-6-8(7,2)3;1-2/h1-9H,18H2,(H2,19,23);7H,4-6H2,1-3H3;1-2H2. The molecule has 4 N–H and O–H groups in total. The molecular weight excluding hydrogens is 410 g/mol. The summed E-state index contributed by atoms with van der Waals surface area (Å²) in [6.07, 6.45) is 9.38. The Morgan fingerprint density at radius 2 is 1.88 bits per heavy atom. The number of amides is 1. The Kier molecular flexibility index (Phi) is 7.16. The van der Waals surface area contributed by atoms with Gasteiger partial charge in [0, 0.05) is 28.9 Å². The normalized spacial score (nSPS) is 16.5. The summed E-state index contributed by atoms with van der Waals surface area (Å²) < 4.78 is 1.63. The molecule has 1 atom stereocenters. The van der Waals surface area contributed by atoms with Crippen LogP contribution in [-0.2, 0) is 0 Å². The summed E-state index contributed by atoms with van der Waals surface area (Å²) in [5, 5.41) is 5.24. The quantitative estimate of drug-likeness (QED) is 0.379. The number of pyridine rings is 1. The van der Waals surface area contributed by atoms with Crippen molar-refractivity contribution in [2.75, 3.05) is 5.73 Å². The number of nitrogens with two attached hydrogens (primary N) is 2. The van der Waals surface area contributed by atoms with Crippen LogP contribution in [0.25, 0.3) is 27.5 Å². The molecule has 3 aromatic heterocycles. The predicted octanol–water partition coefficient (Wildman–Crippen LogP) is 5.87. The third kappa shape index (κ3) is 5.06. The van der Waals surface area contributed by atoms with E-state index in [2.05, 4.69) is 50.1 Å². The van der Waals surface area contributed by atoms with Gasteiger partial charge in [-0.05, 0) is 36.0 Å². The first-order valence-electron chi connectivity index (χ1n) is 11.2. The molecule has 33 heavy (non-hydrogen) atoms. The summed E-state index contributed by atoms with van der Waals surface area (Å²) in [5.74, 6) is 0.370. The molecule has 5 rings (SSSR count). The van der Waals surface area contributed by atoms with Crippen LogP contribution in [0.4, 0.5) is 5.69 Å². The van der Waals surface area contributed by atoms with Gasteiger partial charge in [0.2, 0.25) is 0 Å². The summed E-state index contributed by atoms with van der Waals surface area (Å²) >= 11 is 0. The zero-order valence-electron chi connectivity index (χ0n) is 19.7. The molecule has 172 valence electrons. The molecule has 0 bridgehead atoms.